The number of ether oxygens (including phenoxy) is 1. The van der Waals surface area contributed by atoms with Crippen LogP contribution in [0.25, 0.3) is 0 Å². The van der Waals surface area contributed by atoms with Crippen LogP contribution in [-0.4, -0.2) is 19.0 Å². The van der Waals surface area contributed by atoms with Gasteiger partial charge in [0.05, 0.1) is 0 Å². The van der Waals surface area contributed by atoms with Crippen LogP contribution in [0.5, 0.6) is 5.75 Å². The molecule has 0 heterocycles. The second-order valence-corrected chi connectivity index (χ2v) is 3.77. The van der Waals surface area contributed by atoms with Crippen molar-refractivity contribution in [1.82, 2.24) is 0 Å². The number of benzene rings is 1. The van der Waals surface area contributed by atoms with Gasteiger partial charge in [0.25, 0.3) is 0 Å². The largest absolute Gasteiger partial charge is 0.461 e. The van der Waals surface area contributed by atoms with E-state index in [1.807, 2.05) is 0 Å². The molecule has 0 unspecified atom stereocenters. The molecule has 19 heavy (non-hydrogen) atoms. The molecule has 1 atom stereocenters. The first-order valence-corrected chi connectivity index (χ1v) is 5.21. The fourth-order valence-electron chi connectivity index (χ4n) is 1.34. The first-order chi connectivity index (χ1) is 8.72. The average Bonchev–Trinajstić information content (AvgIpc) is 2.27. The Bertz CT molecular complexity index is 412. The summed E-state index contributed by atoms with van der Waals surface area (Å²) in [5.41, 5.74) is 5.52. The summed E-state index contributed by atoms with van der Waals surface area (Å²) >= 11 is 0. The third-order valence-electron chi connectivity index (χ3n) is 2.23. The maximum atomic E-state index is 12.7. The minimum absolute atomic E-state index is 0.0999. The van der Waals surface area contributed by atoms with E-state index in [4.69, 9.17) is 5.73 Å². The van der Waals surface area contributed by atoms with Gasteiger partial charge < -0.3 is 10.5 Å². The summed E-state index contributed by atoms with van der Waals surface area (Å²) in [6, 6.07) is 3.37. The van der Waals surface area contributed by atoms with Crippen LogP contribution in [0.1, 0.15) is 18.0 Å². The van der Waals surface area contributed by atoms with Crippen molar-refractivity contribution in [3.05, 3.63) is 29.8 Å². The predicted molar refractivity (Wildman–Crippen MR) is 55.6 cm³/mol. The Morgan fingerprint density at radius 2 is 1.79 bits per heavy atom. The molecule has 0 bridgehead atoms. The number of nitrogens with two attached hydrogens (primary N) is 1. The van der Waals surface area contributed by atoms with Gasteiger partial charge in [0.2, 0.25) is 6.43 Å². The van der Waals surface area contributed by atoms with E-state index >= 15 is 0 Å². The van der Waals surface area contributed by atoms with E-state index in [1.54, 1.807) is 0 Å². The first-order valence-electron chi connectivity index (χ1n) is 5.21. The number of hydrogen-bond donors (Lipinski definition) is 1. The van der Waals surface area contributed by atoms with Gasteiger partial charge in [-0.3, -0.25) is 0 Å². The Morgan fingerprint density at radius 3 is 2.32 bits per heavy atom. The summed E-state index contributed by atoms with van der Waals surface area (Å²) in [5, 5.41) is 0. The van der Waals surface area contributed by atoms with Crippen LogP contribution in [-0.2, 0) is 0 Å². The number of hydrogen-bond acceptors (Lipinski definition) is 2. The van der Waals surface area contributed by atoms with Crippen molar-refractivity contribution >= 4 is 0 Å². The molecule has 0 saturated carbocycles. The Balaban J connectivity index is 2.83. The molecule has 0 radical (unpaired) electrons. The molecule has 1 rings (SSSR count). The van der Waals surface area contributed by atoms with Crippen molar-refractivity contribution in [2.75, 3.05) is 0 Å². The molecule has 0 spiro atoms. The Hall–Kier alpha value is -1.44. The van der Waals surface area contributed by atoms with E-state index < -0.39 is 37.2 Å². The third kappa shape index (κ3) is 4.62. The van der Waals surface area contributed by atoms with Gasteiger partial charge in [-0.25, -0.2) is 8.78 Å². The van der Waals surface area contributed by atoms with Gasteiger partial charge in [0, 0.05) is 12.5 Å². The van der Waals surface area contributed by atoms with Crippen LogP contribution in [0.4, 0.5) is 26.3 Å². The van der Waals surface area contributed by atoms with Crippen LogP contribution < -0.4 is 10.5 Å². The maximum Gasteiger partial charge on any atom is 0.461 e. The van der Waals surface area contributed by atoms with Crippen molar-refractivity contribution in [1.29, 1.82) is 0 Å². The summed E-state index contributed by atoms with van der Waals surface area (Å²) in [6.45, 7) is 0. The second-order valence-electron chi connectivity index (χ2n) is 3.77. The van der Waals surface area contributed by atoms with Crippen LogP contribution in [0, 0.1) is 0 Å². The number of alkyl halides is 6. The zero-order valence-electron chi connectivity index (χ0n) is 9.50. The standard InChI is InChI=1S/C11H11F6NO/c12-9(13)5-8(18)6-2-1-3-7(4-6)19-11(16,17)10(14)15/h1-4,8-10H,5,18H2/t8-/m1/s1. The molecule has 8 heteroatoms. The molecule has 2 N–H and O–H groups in total. The highest BCUT2D eigenvalue weighted by atomic mass is 19.3. The quantitative estimate of drug-likeness (QED) is 0.812. The third-order valence-corrected chi connectivity index (χ3v) is 2.23. The zero-order valence-corrected chi connectivity index (χ0v) is 9.50. The second kappa shape index (κ2) is 6.14. The molecular weight excluding hydrogens is 276 g/mol. The maximum absolute atomic E-state index is 12.7. The summed E-state index contributed by atoms with van der Waals surface area (Å²) < 4.78 is 77.2. The fraction of sp³-hybridized carbons (Fsp3) is 0.455. The van der Waals surface area contributed by atoms with Crippen molar-refractivity contribution < 1.29 is 31.1 Å². The topological polar surface area (TPSA) is 35.2 Å². The molecule has 0 saturated heterocycles. The van der Waals surface area contributed by atoms with Crippen LogP contribution in [0.15, 0.2) is 24.3 Å². The normalized spacial score (nSPS) is 13.9. The lowest BCUT2D eigenvalue weighted by Crippen LogP contribution is -2.33. The minimum atomic E-state index is -4.65. The SMILES string of the molecule is N[C@H](CC(F)F)c1cccc(OC(F)(F)C(F)F)c1. The monoisotopic (exact) mass is 287 g/mol. The smallest absolute Gasteiger partial charge is 0.428 e. The van der Waals surface area contributed by atoms with E-state index in [0.29, 0.717) is 0 Å². The molecule has 1 aromatic rings. The van der Waals surface area contributed by atoms with Gasteiger partial charge in [0.1, 0.15) is 5.75 Å². The van der Waals surface area contributed by atoms with Crippen molar-refractivity contribution in [2.24, 2.45) is 5.73 Å². The summed E-state index contributed by atoms with van der Waals surface area (Å²) in [4.78, 5) is 0. The van der Waals surface area contributed by atoms with Gasteiger partial charge in [-0.05, 0) is 17.7 Å². The van der Waals surface area contributed by atoms with Gasteiger partial charge >= 0.3 is 12.5 Å². The lowest BCUT2D eigenvalue weighted by atomic mass is 10.0. The fourth-order valence-corrected chi connectivity index (χ4v) is 1.34. The number of rotatable bonds is 6. The average molecular weight is 287 g/mol. The highest BCUT2D eigenvalue weighted by Crippen LogP contribution is 2.29. The molecule has 0 amide bonds. The molecule has 0 aliphatic heterocycles. The Kier molecular flexibility index (Phi) is 5.04. The van der Waals surface area contributed by atoms with Crippen molar-refractivity contribution in [3.8, 4) is 5.75 Å². The molecular formula is C11H11F6NO. The van der Waals surface area contributed by atoms with E-state index in [1.165, 1.54) is 12.1 Å². The minimum Gasteiger partial charge on any atom is -0.428 e. The highest BCUT2D eigenvalue weighted by Gasteiger charge is 2.44. The van der Waals surface area contributed by atoms with E-state index in [-0.39, 0.29) is 5.56 Å². The van der Waals surface area contributed by atoms with E-state index in [9.17, 15) is 26.3 Å². The van der Waals surface area contributed by atoms with Crippen molar-refractivity contribution in [2.45, 2.75) is 31.4 Å². The van der Waals surface area contributed by atoms with Gasteiger partial charge in [-0.15, -0.1) is 0 Å². The molecule has 0 aromatic heterocycles. The van der Waals surface area contributed by atoms with Crippen LogP contribution in [0.2, 0.25) is 0 Å². The van der Waals surface area contributed by atoms with Crippen LogP contribution in [0.3, 0.4) is 0 Å². The zero-order chi connectivity index (χ0) is 14.6. The van der Waals surface area contributed by atoms with Gasteiger partial charge in [0.15, 0.2) is 0 Å². The Morgan fingerprint density at radius 1 is 1.16 bits per heavy atom. The summed E-state index contributed by atoms with van der Waals surface area (Å²) in [5.74, 6) is -0.562. The molecule has 0 aliphatic carbocycles. The molecule has 2 nitrogen and oxygen atoms in total. The molecule has 108 valence electrons. The summed E-state index contributed by atoms with van der Waals surface area (Å²) in [6.07, 6.45) is -12.0. The molecule has 1 aromatic carbocycles. The highest BCUT2D eigenvalue weighted by molar-refractivity contribution is 5.30. The molecule has 0 fully saturated rings. The van der Waals surface area contributed by atoms with E-state index in [2.05, 4.69) is 4.74 Å². The van der Waals surface area contributed by atoms with Gasteiger partial charge in [-0.2, -0.15) is 17.6 Å². The lowest BCUT2D eigenvalue weighted by Gasteiger charge is -2.18. The van der Waals surface area contributed by atoms with Gasteiger partial charge in [-0.1, -0.05) is 12.1 Å². The lowest BCUT2D eigenvalue weighted by molar-refractivity contribution is -0.253. The van der Waals surface area contributed by atoms with Crippen LogP contribution >= 0.6 is 0 Å². The number of halogens is 6. The van der Waals surface area contributed by atoms with Crippen molar-refractivity contribution in [3.63, 3.8) is 0 Å². The van der Waals surface area contributed by atoms with E-state index in [0.717, 1.165) is 12.1 Å². The molecule has 0 aliphatic rings. The summed E-state index contributed by atoms with van der Waals surface area (Å²) in [7, 11) is 0. The predicted octanol–water partition coefficient (Wildman–Crippen LogP) is 3.58. The first kappa shape index (κ1) is 15.6. The Labute approximate surface area is 105 Å².